The van der Waals surface area contributed by atoms with E-state index in [1.54, 1.807) is 7.11 Å². The molecular weight excluding hydrogens is 388 g/mol. The van der Waals surface area contributed by atoms with Crippen molar-refractivity contribution in [1.29, 1.82) is 0 Å². The summed E-state index contributed by atoms with van der Waals surface area (Å²) in [5, 5.41) is 5.01. The number of para-hydroxylation sites is 2. The fraction of sp³-hybridized carbons (Fsp3) is 0.0769. The van der Waals surface area contributed by atoms with E-state index < -0.39 is 0 Å². The van der Waals surface area contributed by atoms with Crippen molar-refractivity contribution in [2.45, 2.75) is 6.54 Å². The molecule has 0 radical (unpaired) electrons. The molecule has 0 spiro atoms. The largest absolute Gasteiger partial charge is 0.496 e. The van der Waals surface area contributed by atoms with E-state index in [2.05, 4.69) is 10.3 Å². The SMILES string of the molecule is COc1cc2ccccc2cc1C(=O)NCc1ccc(-c2nc3ccccc3o2)cc1. The molecule has 0 unspecified atom stereocenters. The first kappa shape index (κ1) is 18.9. The van der Waals surface area contributed by atoms with Gasteiger partial charge in [0.05, 0.1) is 12.7 Å². The number of oxazole rings is 1. The van der Waals surface area contributed by atoms with E-state index in [1.165, 1.54) is 0 Å². The van der Waals surface area contributed by atoms with Gasteiger partial charge in [-0.2, -0.15) is 0 Å². The van der Waals surface area contributed by atoms with Crippen molar-refractivity contribution in [1.82, 2.24) is 10.3 Å². The van der Waals surface area contributed by atoms with Crippen LogP contribution in [0.1, 0.15) is 15.9 Å². The zero-order valence-corrected chi connectivity index (χ0v) is 17.0. The molecule has 0 bridgehead atoms. The quantitative estimate of drug-likeness (QED) is 0.412. The number of methoxy groups -OCH3 is 1. The topological polar surface area (TPSA) is 64.4 Å². The van der Waals surface area contributed by atoms with Gasteiger partial charge >= 0.3 is 0 Å². The van der Waals surface area contributed by atoms with Crippen molar-refractivity contribution in [3.63, 3.8) is 0 Å². The number of aromatic nitrogens is 1. The molecule has 5 aromatic rings. The normalized spacial score (nSPS) is 11.0. The Balaban J connectivity index is 1.32. The zero-order chi connectivity index (χ0) is 21.2. The first-order valence-electron chi connectivity index (χ1n) is 10.0. The molecule has 0 fully saturated rings. The Morgan fingerprint density at radius 3 is 2.39 bits per heavy atom. The summed E-state index contributed by atoms with van der Waals surface area (Å²) in [6, 6.07) is 27.1. The van der Waals surface area contributed by atoms with Crippen LogP contribution >= 0.6 is 0 Å². The summed E-state index contributed by atoms with van der Waals surface area (Å²) >= 11 is 0. The Hall–Kier alpha value is -4.12. The maximum Gasteiger partial charge on any atom is 0.255 e. The molecule has 1 heterocycles. The molecule has 0 aliphatic rings. The fourth-order valence-corrected chi connectivity index (χ4v) is 3.60. The highest BCUT2D eigenvalue weighted by molar-refractivity contribution is 6.01. The van der Waals surface area contributed by atoms with Crippen molar-refractivity contribution >= 4 is 27.8 Å². The van der Waals surface area contributed by atoms with Gasteiger partial charge in [-0.15, -0.1) is 0 Å². The number of rotatable bonds is 5. The minimum absolute atomic E-state index is 0.175. The van der Waals surface area contributed by atoms with Gasteiger partial charge in [0.1, 0.15) is 11.3 Å². The lowest BCUT2D eigenvalue weighted by Crippen LogP contribution is -2.23. The highest BCUT2D eigenvalue weighted by atomic mass is 16.5. The molecule has 1 amide bonds. The summed E-state index contributed by atoms with van der Waals surface area (Å²) in [5.41, 5.74) is 3.98. The van der Waals surface area contributed by atoms with Gasteiger partial charge in [0, 0.05) is 12.1 Å². The molecule has 5 heteroatoms. The molecule has 5 nitrogen and oxygen atoms in total. The highest BCUT2D eigenvalue weighted by Gasteiger charge is 2.14. The molecule has 1 N–H and O–H groups in total. The number of hydrogen-bond acceptors (Lipinski definition) is 4. The average Bonchev–Trinajstić information content (AvgIpc) is 3.26. The molecule has 31 heavy (non-hydrogen) atoms. The Bertz CT molecular complexity index is 1350. The second-order valence-electron chi connectivity index (χ2n) is 7.27. The minimum atomic E-state index is -0.175. The van der Waals surface area contributed by atoms with Gasteiger partial charge < -0.3 is 14.5 Å². The predicted octanol–water partition coefficient (Wildman–Crippen LogP) is 5.59. The van der Waals surface area contributed by atoms with Gasteiger partial charge in [0.25, 0.3) is 5.91 Å². The molecule has 0 saturated heterocycles. The van der Waals surface area contributed by atoms with E-state index in [9.17, 15) is 4.79 Å². The Kier molecular flexibility index (Phi) is 4.84. The van der Waals surface area contributed by atoms with Crippen LogP contribution in [0.25, 0.3) is 33.3 Å². The summed E-state index contributed by atoms with van der Waals surface area (Å²) < 4.78 is 11.3. The summed E-state index contributed by atoms with van der Waals surface area (Å²) in [6.07, 6.45) is 0. The predicted molar refractivity (Wildman–Crippen MR) is 121 cm³/mol. The number of nitrogens with zero attached hydrogens (tertiary/aromatic N) is 1. The third-order valence-electron chi connectivity index (χ3n) is 5.26. The summed E-state index contributed by atoms with van der Waals surface area (Å²) in [5.74, 6) is 0.964. The number of nitrogens with one attached hydrogen (secondary N) is 1. The lowest BCUT2D eigenvalue weighted by molar-refractivity contribution is 0.0948. The molecular formula is C26H20N2O3. The smallest absolute Gasteiger partial charge is 0.255 e. The lowest BCUT2D eigenvalue weighted by Gasteiger charge is -2.11. The summed E-state index contributed by atoms with van der Waals surface area (Å²) in [7, 11) is 1.58. The monoisotopic (exact) mass is 408 g/mol. The van der Waals surface area contributed by atoms with Crippen LogP contribution in [-0.4, -0.2) is 18.0 Å². The number of fused-ring (bicyclic) bond motifs is 2. The maximum atomic E-state index is 12.8. The van der Waals surface area contributed by atoms with Crippen molar-refractivity contribution < 1.29 is 13.9 Å². The molecule has 0 saturated carbocycles. The number of carbonyl (C=O) groups is 1. The zero-order valence-electron chi connectivity index (χ0n) is 17.0. The molecule has 0 aliphatic carbocycles. The number of ether oxygens (including phenoxy) is 1. The Morgan fingerprint density at radius 1 is 0.935 bits per heavy atom. The van der Waals surface area contributed by atoms with Gasteiger partial charge in [0.2, 0.25) is 5.89 Å². The van der Waals surface area contributed by atoms with Crippen molar-refractivity contribution in [2.24, 2.45) is 0 Å². The van der Waals surface area contributed by atoms with Gasteiger partial charge in [-0.25, -0.2) is 4.98 Å². The van der Waals surface area contributed by atoms with Crippen LogP contribution in [0.2, 0.25) is 0 Å². The van der Waals surface area contributed by atoms with E-state index >= 15 is 0 Å². The highest BCUT2D eigenvalue weighted by Crippen LogP contribution is 2.26. The van der Waals surface area contributed by atoms with Crippen LogP contribution in [-0.2, 0) is 6.54 Å². The Morgan fingerprint density at radius 2 is 1.65 bits per heavy atom. The standard InChI is InChI=1S/C26H20N2O3/c1-30-24-15-20-7-3-2-6-19(20)14-21(24)25(29)27-16-17-10-12-18(13-11-17)26-28-22-8-4-5-9-23(22)31-26/h2-15H,16H2,1H3,(H,27,29). The van der Waals surface area contributed by atoms with E-state index in [0.717, 1.165) is 33.0 Å². The van der Waals surface area contributed by atoms with Crippen molar-refractivity contribution in [3.05, 3.63) is 96.1 Å². The average molecular weight is 408 g/mol. The van der Waals surface area contributed by atoms with Crippen molar-refractivity contribution in [2.75, 3.05) is 7.11 Å². The van der Waals surface area contributed by atoms with Crippen LogP contribution in [0.5, 0.6) is 5.75 Å². The third kappa shape index (κ3) is 3.73. The minimum Gasteiger partial charge on any atom is -0.496 e. The van der Waals surface area contributed by atoms with Crippen molar-refractivity contribution in [3.8, 4) is 17.2 Å². The van der Waals surface area contributed by atoms with Gasteiger partial charge in [-0.05, 0) is 52.7 Å². The second-order valence-corrected chi connectivity index (χ2v) is 7.27. The van der Waals surface area contributed by atoms with Crippen LogP contribution in [0.4, 0.5) is 0 Å². The van der Waals surface area contributed by atoms with E-state index in [-0.39, 0.29) is 5.91 Å². The van der Waals surface area contributed by atoms with E-state index in [4.69, 9.17) is 9.15 Å². The lowest BCUT2D eigenvalue weighted by atomic mass is 10.1. The van der Waals surface area contributed by atoms with E-state index in [0.29, 0.717) is 23.7 Å². The van der Waals surface area contributed by atoms with Crippen LogP contribution in [0.3, 0.4) is 0 Å². The molecule has 0 atom stereocenters. The molecule has 152 valence electrons. The van der Waals surface area contributed by atoms with Gasteiger partial charge in [-0.1, -0.05) is 48.5 Å². The second kappa shape index (κ2) is 7.95. The molecule has 5 rings (SSSR count). The van der Waals surface area contributed by atoms with Gasteiger partial charge in [-0.3, -0.25) is 4.79 Å². The fourth-order valence-electron chi connectivity index (χ4n) is 3.60. The maximum absolute atomic E-state index is 12.8. The first-order valence-corrected chi connectivity index (χ1v) is 10.0. The van der Waals surface area contributed by atoms with Crippen LogP contribution in [0.15, 0.2) is 89.3 Å². The molecule has 0 aliphatic heterocycles. The van der Waals surface area contributed by atoms with E-state index in [1.807, 2.05) is 84.9 Å². The number of carbonyl (C=O) groups excluding carboxylic acids is 1. The first-order chi connectivity index (χ1) is 15.2. The number of amides is 1. The molecule has 4 aromatic carbocycles. The summed E-state index contributed by atoms with van der Waals surface area (Å²) in [6.45, 7) is 0.405. The molecule has 1 aromatic heterocycles. The van der Waals surface area contributed by atoms with Gasteiger partial charge in [0.15, 0.2) is 5.58 Å². The number of hydrogen-bond donors (Lipinski definition) is 1. The number of benzene rings is 4. The Labute approximate surface area is 179 Å². The van der Waals surface area contributed by atoms with Crippen LogP contribution in [0, 0.1) is 0 Å². The third-order valence-corrected chi connectivity index (χ3v) is 5.26. The van der Waals surface area contributed by atoms with Crippen LogP contribution < -0.4 is 10.1 Å². The summed E-state index contributed by atoms with van der Waals surface area (Å²) in [4.78, 5) is 17.3.